The van der Waals surface area contributed by atoms with E-state index in [1.807, 2.05) is 0 Å². The summed E-state index contributed by atoms with van der Waals surface area (Å²) >= 11 is 0.973. The predicted molar refractivity (Wildman–Crippen MR) is 90.4 cm³/mol. The van der Waals surface area contributed by atoms with E-state index in [-0.39, 0.29) is 33.6 Å². The highest BCUT2D eigenvalue weighted by atomic mass is 32.1. The second kappa shape index (κ2) is 7.71. The molecule has 0 radical (unpaired) electrons. The number of methoxy groups -OCH3 is 1. The van der Waals surface area contributed by atoms with Crippen molar-refractivity contribution in [2.75, 3.05) is 19.0 Å². The van der Waals surface area contributed by atoms with Gasteiger partial charge in [0.15, 0.2) is 10.9 Å². The minimum Gasteiger partial charge on any atom is -0.490 e. The number of carbonyl (C=O) groups excluding carboxylic acids is 2. The molecular formula is C15H15N3O6S. The highest BCUT2D eigenvalue weighted by molar-refractivity contribution is 7.17. The molecule has 25 heavy (non-hydrogen) atoms. The van der Waals surface area contributed by atoms with Gasteiger partial charge in [-0.05, 0) is 26.0 Å². The van der Waals surface area contributed by atoms with E-state index in [0.717, 1.165) is 17.4 Å². The number of rotatable bonds is 6. The van der Waals surface area contributed by atoms with Crippen LogP contribution in [0.3, 0.4) is 0 Å². The van der Waals surface area contributed by atoms with E-state index in [9.17, 15) is 19.7 Å². The molecule has 2 rings (SSSR count). The van der Waals surface area contributed by atoms with Crippen LogP contribution >= 0.6 is 11.3 Å². The third-order valence-electron chi connectivity index (χ3n) is 3.12. The van der Waals surface area contributed by atoms with Crippen molar-refractivity contribution in [2.45, 2.75) is 13.8 Å². The first-order valence-corrected chi connectivity index (χ1v) is 7.97. The van der Waals surface area contributed by atoms with Crippen molar-refractivity contribution in [2.24, 2.45) is 0 Å². The van der Waals surface area contributed by atoms with E-state index in [1.165, 1.54) is 19.2 Å². The number of hydrogen-bond acceptors (Lipinski definition) is 8. The number of esters is 1. The van der Waals surface area contributed by atoms with Crippen molar-refractivity contribution >= 4 is 34.0 Å². The largest absolute Gasteiger partial charge is 0.490 e. The standard InChI is InChI=1S/C15H15N3O6S/c1-4-24-14(20)12-8(2)16-15(25-12)17-13(19)9-5-6-11(23-3)10(7-9)18(21)22/h5-7H,4H2,1-3H3,(H,16,17,19). The fourth-order valence-corrected chi connectivity index (χ4v) is 2.83. The van der Waals surface area contributed by atoms with Crippen molar-refractivity contribution in [1.29, 1.82) is 0 Å². The van der Waals surface area contributed by atoms with Crippen LogP contribution in [0.5, 0.6) is 5.75 Å². The average Bonchev–Trinajstić information content (AvgIpc) is 2.94. The van der Waals surface area contributed by atoms with E-state index >= 15 is 0 Å². The van der Waals surface area contributed by atoms with Gasteiger partial charge in [-0.2, -0.15) is 0 Å². The Labute approximate surface area is 146 Å². The lowest BCUT2D eigenvalue weighted by atomic mass is 10.2. The molecule has 0 spiro atoms. The van der Waals surface area contributed by atoms with Gasteiger partial charge >= 0.3 is 11.7 Å². The minimum absolute atomic E-state index is 0.0521. The van der Waals surface area contributed by atoms with Crippen molar-refractivity contribution < 1.29 is 24.0 Å². The number of hydrogen-bond donors (Lipinski definition) is 1. The third-order valence-corrected chi connectivity index (χ3v) is 4.17. The summed E-state index contributed by atoms with van der Waals surface area (Å²) in [7, 11) is 1.30. The molecule has 0 saturated heterocycles. The van der Waals surface area contributed by atoms with Gasteiger partial charge in [0.1, 0.15) is 4.88 Å². The first-order chi connectivity index (χ1) is 11.9. The number of aryl methyl sites for hydroxylation is 1. The zero-order valence-electron chi connectivity index (χ0n) is 13.7. The van der Waals surface area contributed by atoms with Gasteiger partial charge in [0.05, 0.1) is 24.3 Å². The van der Waals surface area contributed by atoms with Crippen LogP contribution in [0.15, 0.2) is 18.2 Å². The van der Waals surface area contributed by atoms with Gasteiger partial charge in [-0.15, -0.1) is 0 Å². The Kier molecular flexibility index (Phi) is 5.65. The Morgan fingerprint density at radius 1 is 1.40 bits per heavy atom. The summed E-state index contributed by atoms with van der Waals surface area (Å²) in [6, 6.07) is 3.85. The highest BCUT2D eigenvalue weighted by Gasteiger charge is 2.21. The second-order valence-electron chi connectivity index (χ2n) is 4.75. The van der Waals surface area contributed by atoms with Crippen LogP contribution in [-0.2, 0) is 4.74 Å². The van der Waals surface area contributed by atoms with Gasteiger partial charge in [-0.3, -0.25) is 20.2 Å². The minimum atomic E-state index is -0.637. The summed E-state index contributed by atoms with van der Waals surface area (Å²) in [5.41, 5.74) is 0.176. The zero-order valence-corrected chi connectivity index (χ0v) is 14.5. The molecule has 1 heterocycles. The van der Waals surface area contributed by atoms with Gasteiger partial charge in [-0.1, -0.05) is 11.3 Å². The molecule has 1 aromatic heterocycles. The van der Waals surface area contributed by atoms with Gasteiger partial charge in [0.25, 0.3) is 5.91 Å². The van der Waals surface area contributed by atoms with Crippen molar-refractivity contribution in [3.63, 3.8) is 0 Å². The molecule has 0 atom stereocenters. The van der Waals surface area contributed by atoms with Crippen molar-refractivity contribution in [3.05, 3.63) is 44.4 Å². The van der Waals surface area contributed by atoms with Crippen LogP contribution in [0, 0.1) is 17.0 Å². The van der Waals surface area contributed by atoms with Gasteiger partial charge in [-0.25, -0.2) is 9.78 Å². The van der Waals surface area contributed by atoms with Crippen LogP contribution in [0.25, 0.3) is 0 Å². The number of nitrogens with zero attached hydrogens (tertiary/aromatic N) is 2. The lowest BCUT2D eigenvalue weighted by molar-refractivity contribution is -0.385. The molecule has 1 amide bonds. The molecule has 0 aliphatic heterocycles. The van der Waals surface area contributed by atoms with Crippen LogP contribution < -0.4 is 10.1 Å². The first-order valence-electron chi connectivity index (χ1n) is 7.15. The Balaban J connectivity index is 2.23. The molecule has 10 heteroatoms. The number of nitrogens with one attached hydrogen (secondary N) is 1. The molecule has 9 nitrogen and oxygen atoms in total. The van der Waals surface area contributed by atoms with E-state index in [1.54, 1.807) is 13.8 Å². The lowest BCUT2D eigenvalue weighted by Gasteiger charge is -2.04. The molecule has 0 bridgehead atoms. The quantitative estimate of drug-likeness (QED) is 0.474. The molecule has 0 aliphatic carbocycles. The molecule has 0 unspecified atom stereocenters. The number of aromatic nitrogens is 1. The van der Waals surface area contributed by atoms with Crippen LogP contribution in [-0.4, -0.2) is 35.5 Å². The lowest BCUT2D eigenvalue weighted by Crippen LogP contribution is -2.12. The summed E-state index contributed by atoms with van der Waals surface area (Å²) in [4.78, 5) is 38.8. The van der Waals surface area contributed by atoms with Gasteiger partial charge < -0.3 is 9.47 Å². The Bertz CT molecular complexity index is 833. The van der Waals surface area contributed by atoms with Crippen LogP contribution in [0.2, 0.25) is 0 Å². The third kappa shape index (κ3) is 4.10. The van der Waals surface area contributed by atoms with E-state index in [4.69, 9.17) is 9.47 Å². The number of benzene rings is 1. The van der Waals surface area contributed by atoms with Gasteiger partial charge in [0.2, 0.25) is 0 Å². The van der Waals surface area contributed by atoms with E-state index in [2.05, 4.69) is 10.3 Å². The van der Waals surface area contributed by atoms with E-state index in [0.29, 0.717) is 5.69 Å². The topological polar surface area (TPSA) is 121 Å². The number of amides is 1. The Hall–Kier alpha value is -3.01. The van der Waals surface area contributed by atoms with Crippen LogP contribution in [0.4, 0.5) is 10.8 Å². The number of anilines is 1. The maximum Gasteiger partial charge on any atom is 0.350 e. The number of nitro groups is 1. The molecule has 0 fully saturated rings. The summed E-state index contributed by atoms with van der Waals surface area (Å²) in [5.74, 6) is -1.05. The molecule has 2 aromatic rings. The molecule has 132 valence electrons. The Morgan fingerprint density at radius 2 is 2.12 bits per heavy atom. The fourth-order valence-electron chi connectivity index (χ4n) is 1.98. The van der Waals surface area contributed by atoms with E-state index < -0.39 is 16.8 Å². The maximum atomic E-state index is 12.3. The van der Waals surface area contributed by atoms with Crippen molar-refractivity contribution in [1.82, 2.24) is 4.98 Å². The van der Waals surface area contributed by atoms with Gasteiger partial charge in [0, 0.05) is 11.6 Å². The predicted octanol–water partition coefficient (Wildman–Crippen LogP) is 2.80. The highest BCUT2D eigenvalue weighted by Crippen LogP contribution is 2.28. The monoisotopic (exact) mass is 365 g/mol. The molecule has 0 saturated carbocycles. The smallest absolute Gasteiger partial charge is 0.350 e. The second-order valence-corrected chi connectivity index (χ2v) is 5.75. The SMILES string of the molecule is CCOC(=O)c1sc(NC(=O)c2ccc(OC)c([N+](=O)[O-])c2)nc1C. The summed E-state index contributed by atoms with van der Waals surface area (Å²) in [6.07, 6.45) is 0. The number of carbonyl (C=O) groups is 2. The fraction of sp³-hybridized carbons (Fsp3) is 0.267. The first kappa shape index (κ1) is 18.3. The normalized spacial score (nSPS) is 10.2. The zero-order chi connectivity index (χ0) is 18.6. The molecule has 0 aliphatic rings. The molecule has 1 aromatic carbocycles. The maximum absolute atomic E-state index is 12.3. The summed E-state index contributed by atoms with van der Waals surface area (Å²) in [6.45, 7) is 3.54. The summed E-state index contributed by atoms with van der Waals surface area (Å²) < 4.78 is 9.80. The number of ether oxygens (including phenoxy) is 2. The van der Waals surface area contributed by atoms with Crippen LogP contribution in [0.1, 0.15) is 32.6 Å². The summed E-state index contributed by atoms with van der Waals surface area (Å²) in [5, 5.41) is 13.7. The van der Waals surface area contributed by atoms with Crippen molar-refractivity contribution in [3.8, 4) is 5.75 Å². The Morgan fingerprint density at radius 3 is 2.72 bits per heavy atom. The average molecular weight is 365 g/mol. The molecule has 1 N–H and O–H groups in total. The number of nitro benzene ring substituents is 1. The molecular weight excluding hydrogens is 350 g/mol. The number of thiazole rings is 1.